The monoisotopic (exact) mass is 195 g/mol. The molecule has 0 aliphatic heterocycles. The van der Waals surface area contributed by atoms with Gasteiger partial charge in [-0.15, -0.1) is 0 Å². The highest BCUT2D eigenvalue weighted by Crippen LogP contribution is 2.41. The van der Waals surface area contributed by atoms with Crippen LogP contribution in [0.1, 0.15) is 59.3 Å². The van der Waals surface area contributed by atoms with Crippen LogP contribution in [0.25, 0.3) is 0 Å². The standard InChI is InChI=1S/C13H25N/c1-10-8-13(2,3)9-12(10)14-11-6-4-5-7-11/h10-12,14H,4-9H2,1-3H3. The molecule has 0 aromatic carbocycles. The van der Waals surface area contributed by atoms with Gasteiger partial charge in [0.1, 0.15) is 0 Å². The van der Waals surface area contributed by atoms with E-state index in [1.807, 2.05) is 0 Å². The smallest absolute Gasteiger partial charge is 0.0101 e. The molecule has 0 bridgehead atoms. The van der Waals surface area contributed by atoms with Crippen molar-refractivity contribution in [1.29, 1.82) is 0 Å². The van der Waals surface area contributed by atoms with Gasteiger partial charge in [0.15, 0.2) is 0 Å². The van der Waals surface area contributed by atoms with Crippen molar-refractivity contribution in [3.05, 3.63) is 0 Å². The predicted molar refractivity (Wildman–Crippen MR) is 61.4 cm³/mol. The SMILES string of the molecule is CC1CC(C)(C)CC1NC1CCCC1. The average molecular weight is 195 g/mol. The molecule has 0 saturated heterocycles. The third-order valence-electron chi connectivity index (χ3n) is 4.14. The van der Waals surface area contributed by atoms with Crippen molar-refractivity contribution >= 4 is 0 Å². The molecule has 0 spiro atoms. The van der Waals surface area contributed by atoms with Crippen molar-refractivity contribution in [3.8, 4) is 0 Å². The van der Waals surface area contributed by atoms with E-state index >= 15 is 0 Å². The first-order chi connectivity index (χ1) is 6.57. The maximum absolute atomic E-state index is 3.88. The fraction of sp³-hybridized carbons (Fsp3) is 1.00. The fourth-order valence-electron chi connectivity index (χ4n) is 3.51. The first kappa shape index (κ1) is 10.5. The molecule has 2 rings (SSSR count). The summed E-state index contributed by atoms with van der Waals surface area (Å²) < 4.78 is 0. The molecule has 2 unspecified atom stereocenters. The van der Waals surface area contributed by atoms with Gasteiger partial charge in [-0.1, -0.05) is 33.6 Å². The third-order valence-corrected chi connectivity index (χ3v) is 4.14. The zero-order chi connectivity index (χ0) is 10.2. The Kier molecular flexibility index (Phi) is 2.88. The number of rotatable bonds is 2. The molecule has 2 atom stereocenters. The van der Waals surface area contributed by atoms with E-state index in [0.717, 1.165) is 18.0 Å². The van der Waals surface area contributed by atoms with E-state index in [0.29, 0.717) is 5.41 Å². The second-order valence-electron chi connectivity index (χ2n) is 6.30. The van der Waals surface area contributed by atoms with Crippen LogP contribution in [-0.4, -0.2) is 12.1 Å². The van der Waals surface area contributed by atoms with Crippen LogP contribution in [-0.2, 0) is 0 Å². The van der Waals surface area contributed by atoms with E-state index in [9.17, 15) is 0 Å². The Hall–Kier alpha value is -0.0400. The minimum Gasteiger partial charge on any atom is -0.311 e. The molecular formula is C13H25N. The zero-order valence-electron chi connectivity index (χ0n) is 9.97. The summed E-state index contributed by atoms with van der Waals surface area (Å²) in [5, 5.41) is 3.88. The van der Waals surface area contributed by atoms with Crippen molar-refractivity contribution < 1.29 is 0 Å². The Bertz CT molecular complexity index is 191. The summed E-state index contributed by atoms with van der Waals surface area (Å²) in [6.45, 7) is 7.25. The second-order valence-corrected chi connectivity index (χ2v) is 6.30. The van der Waals surface area contributed by atoms with Gasteiger partial charge in [-0.3, -0.25) is 0 Å². The number of nitrogens with one attached hydrogen (secondary N) is 1. The maximum Gasteiger partial charge on any atom is 0.0101 e. The van der Waals surface area contributed by atoms with Crippen LogP contribution in [0.15, 0.2) is 0 Å². The van der Waals surface area contributed by atoms with E-state index in [1.165, 1.54) is 38.5 Å². The van der Waals surface area contributed by atoms with Gasteiger partial charge in [0.05, 0.1) is 0 Å². The van der Waals surface area contributed by atoms with Crippen molar-refractivity contribution in [1.82, 2.24) is 5.32 Å². The molecule has 0 heterocycles. The van der Waals surface area contributed by atoms with Crippen LogP contribution in [0, 0.1) is 11.3 Å². The summed E-state index contributed by atoms with van der Waals surface area (Å²) >= 11 is 0. The maximum atomic E-state index is 3.88. The van der Waals surface area contributed by atoms with Gasteiger partial charge in [0, 0.05) is 12.1 Å². The Morgan fingerprint density at radius 1 is 1.07 bits per heavy atom. The molecule has 1 N–H and O–H groups in total. The topological polar surface area (TPSA) is 12.0 Å². The lowest BCUT2D eigenvalue weighted by atomic mass is 9.91. The molecule has 0 amide bonds. The van der Waals surface area contributed by atoms with Gasteiger partial charge >= 0.3 is 0 Å². The minimum atomic E-state index is 0.579. The van der Waals surface area contributed by atoms with Gasteiger partial charge in [0.2, 0.25) is 0 Å². The molecule has 0 aromatic rings. The third kappa shape index (κ3) is 2.31. The molecule has 2 aliphatic rings. The van der Waals surface area contributed by atoms with Crippen LogP contribution in [0.2, 0.25) is 0 Å². The highest BCUT2D eigenvalue weighted by molar-refractivity contribution is 4.93. The largest absolute Gasteiger partial charge is 0.311 e. The van der Waals surface area contributed by atoms with Crippen LogP contribution < -0.4 is 5.32 Å². The fourth-order valence-corrected chi connectivity index (χ4v) is 3.51. The molecule has 14 heavy (non-hydrogen) atoms. The molecular weight excluding hydrogens is 170 g/mol. The summed E-state index contributed by atoms with van der Waals surface area (Å²) in [5.41, 5.74) is 0.579. The normalized spacial score (nSPS) is 37.9. The molecule has 0 aromatic heterocycles. The second kappa shape index (κ2) is 3.84. The summed E-state index contributed by atoms with van der Waals surface area (Å²) in [4.78, 5) is 0. The Balaban J connectivity index is 1.86. The lowest BCUT2D eigenvalue weighted by molar-refractivity contribution is 0.351. The summed E-state index contributed by atoms with van der Waals surface area (Å²) in [7, 11) is 0. The van der Waals surface area contributed by atoms with Crippen molar-refractivity contribution in [2.45, 2.75) is 71.4 Å². The minimum absolute atomic E-state index is 0.579. The molecule has 1 heteroatoms. The van der Waals surface area contributed by atoms with Crippen LogP contribution in [0.4, 0.5) is 0 Å². The summed E-state index contributed by atoms with van der Waals surface area (Å²) in [6, 6.07) is 1.64. The lowest BCUT2D eigenvalue weighted by Gasteiger charge is -2.22. The highest BCUT2D eigenvalue weighted by Gasteiger charge is 2.37. The van der Waals surface area contributed by atoms with Crippen LogP contribution in [0.5, 0.6) is 0 Å². The summed E-state index contributed by atoms with van der Waals surface area (Å²) in [6.07, 6.45) is 8.51. The van der Waals surface area contributed by atoms with Gasteiger partial charge in [-0.25, -0.2) is 0 Å². The van der Waals surface area contributed by atoms with Crippen molar-refractivity contribution in [2.75, 3.05) is 0 Å². The van der Waals surface area contributed by atoms with Crippen molar-refractivity contribution in [3.63, 3.8) is 0 Å². The zero-order valence-corrected chi connectivity index (χ0v) is 9.97. The first-order valence-corrected chi connectivity index (χ1v) is 6.33. The average Bonchev–Trinajstić information content (AvgIpc) is 2.61. The van der Waals surface area contributed by atoms with E-state index < -0.39 is 0 Å². The van der Waals surface area contributed by atoms with Crippen molar-refractivity contribution in [2.24, 2.45) is 11.3 Å². The van der Waals surface area contributed by atoms with Crippen LogP contribution in [0.3, 0.4) is 0 Å². The molecule has 1 nitrogen and oxygen atoms in total. The Morgan fingerprint density at radius 3 is 2.21 bits per heavy atom. The molecule has 2 fully saturated rings. The van der Waals surface area contributed by atoms with Crippen LogP contribution >= 0.6 is 0 Å². The van der Waals surface area contributed by atoms with E-state index in [2.05, 4.69) is 26.1 Å². The van der Waals surface area contributed by atoms with E-state index in [1.54, 1.807) is 0 Å². The summed E-state index contributed by atoms with van der Waals surface area (Å²) in [5.74, 6) is 0.880. The lowest BCUT2D eigenvalue weighted by Crippen LogP contribution is -2.38. The molecule has 82 valence electrons. The highest BCUT2D eigenvalue weighted by atomic mass is 15.0. The Labute approximate surface area is 88.7 Å². The quantitative estimate of drug-likeness (QED) is 0.712. The van der Waals surface area contributed by atoms with Gasteiger partial charge < -0.3 is 5.32 Å². The van der Waals surface area contributed by atoms with Gasteiger partial charge in [-0.2, -0.15) is 0 Å². The molecule has 0 radical (unpaired) electrons. The number of hydrogen-bond acceptors (Lipinski definition) is 1. The van der Waals surface area contributed by atoms with Gasteiger partial charge in [0.25, 0.3) is 0 Å². The number of hydrogen-bond donors (Lipinski definition) is 1. The Morgan fingerprint density at radius 2 is 1.71 bits per heavy atom. The van der Waals surface area contributed by atoms with E-state index in [4.69, 9.17) is 0 Å². The predicted octanol–water partition coefficient (Wildman–Crippen LogP) is 3.34. The molecule has 2 saturated carbocycles. The van der Waals surface area contributed by atoms with E-state index in [-0.39, 0.29) is 0 Å². The molecule has 2 aliphatic carbocycles. The van der Waals surface area contributed by atoms with Gasteiger partial charge in [-0.05, 0) is 37.0 Å². The first-order valence-electron chi connectivity index (χ1n) is 6.33.